The van der Waals surface area contributed by atoms with Crippen molar-refractivity contribution in [3.05, 3.63) is 64.9 Å². The maximum Gasteiger partial charge on any atom is 0.242 e. The van der Waals surface area contributed by atoms with Gasteiger partial charge in [0.2, 0.25) is 21.8 Å². The Morgan fingerprint density at radius 3 is 2.36 bits per heavy atom. The second-order valence-corrected chi connectivity index (χ2v) is 11.5. The number of benzene rings is 2. The molecule has 10 heteroatoms. The van der Waals surface area contributed by atoms with E-state index in [9.17, 15) is 22.4 Å². The summed E-state index contributed by atoms with van der Waals surface area (Å²) in [4.78, 5) is 27.8. The molecule has 0 bridgehead atoms. The van der Waals surface area contributed by atoms with Gasteiger partial charge in [0.15, 0.2) is 0 Å². The Hall–Kier alpha value is -2.65. The molecule has 1 saturated carbocycles. The first-order valence-electron chi connectivity index (χ1n) is 12.1. The summed E-state index contributed by atoms with van der Waals surface area (Å²) >= 11 is 6.33. The molecule has 0 aliphatic heterocycles. The number of anilines is 1. The lowest BCUT2D eigenvalue weighted by Crippen LogP contribution is -2.49. The lowest BCUT2D eigenvalue weighted by atomic mass is 10.1. The number of carbonyl (C=O) groups is 2. The van der Waals surface area contributed by atoms with Crippen LogP contribution in [0.3, 0.4) is 0 Å². The first kappa shape index (κ1) is 27.9. The summed E-state index contributed by atoms with van der Waals surface area (Å²) in [5.74, 6) is -0.967. The quantitative estimate of drug-likeness (QED) is 0.457. The number of amides is 2. The van der Waals surface area contributed by atoms with Gasteiger partial charge in [0.1, 0.15) is 11.9 Å². The number of sulfonamides is 1. The average Bonchev–Trinajstić information content (AvgIpc) is 3.34. The highest BCUT2D eigenvalue weighted by atomic mass is 35.5. The molecule has 7 nitrogen and oxygen atoms in total. The minimum atomic E-state index is -3.64. The largest absolute Gasteiger partial charge is 0.352 e. The molecular formula is C26H33ClFN3O4S. The van der Waals surface area contributed by atoms with Gasteiger partial charge in [0, 0.05) is 30.6 Å². The van der Waals surface area contributed by atoms with Crippen LogP contribution in [0.25, 0.3) is 0 Å². The molecule has 2 amide bonds. The zero-order valence-electron chi connectivity index (χ0n) is 20.6. The number of nitrogens with one attached hydrogen (secondary N) is 1. The van der Waals surface area contributed by atoms with Crippen LogP contribution in [0.2, 0.25) is 5.02 Å². The monoisotopic (exact) mass is 537 g/mol. The molecule has 3 rings (SSSR count). The second kappa shape index (κ2) is 12.5. The van der Waals surface area contributed by atoms with Crippen LogP contribution >= 0.6 is 11.6 Å². The van der Waals surface area contributed by atoms with Crippen molar-refractivity contribution in [2.75, 3.05) is 17.1 Å². The SMILES string of the molecule is C[C@@H](C(=O)NC1CCCC1)N(Cc1ccccc1Cl)C(=O)CCCN(c1ccc(F)cc1)S(C)(=O)=O. The lowest BCUT2D eigenvalue weighted by Gasteiger charge is -2.30. The van der Waals surface area contributed by atoms with Gasteiger partial charge in [-0.25, -0.2) is 12.8 Å². The van der Waals surface area contributed by atoms with Crippen molar-refractivity contribution >= 4 is 39.1 Å². The van der Waals surface area contributed by atoms with Crippen molar-refractivity contribution in [3.63, 3.8) is 0 Å². The summed E-state index contributed by atoms with van der Waals surface area (Å²) in [5, 5.41) is 3.55. The van der Waals surface area contributed by atoms with Crippen molar-refractivity contribution < 1.29 is 22.4 Å². The Bertz CT molecular complexity index is 1150. The third-order valence-electron chi connectivity index (χ3n) is 6.43. The van der Waals surface area contributed by atoms with Crippen LogP contribution in [-0.4, -0.2) is 50.0 Å². The number of hydrogen-bond acceptors (Lipinski definition) is 4. The number of nitrogens with zero attached hydrogens (tertiary/aromatic N) is 2. The first-order valence-corrected chi connectivity index (χ1v) is 14.4. The topological polar surface area (TPSA) is 86.8 Å². The Labute approximate surface area is 217 Å². The highest BCUT2D eigenvalue weighted by molar-refractivity contribution is 7.92. The number of halogens is 2. The van der Waals surface area contributed by atoms with E-state index in [0.717, 1.165) is 41.8 Å². The summed E-state index contributed by atoms with van der Waals surface area (Å²) < 4.78 is 39.1. The minimum Gasteiger partial charge on any atom is -0.352 e. The van der Waals surface area contributed by atoms with Crippen molar-refractivity contribution in [3.8, 4) is 0 Å². The predicted octanol–water partition coefficient (Wildman–Crippen LogP) is 4.50. The summed E-state index contributed by atoms with van der Waals surface area (Å²) in [6, 6.07) is 11.7. The highest BCUT2D eigenvalue weighted by Gasteiger charge is 2.29. The lowest BCUT2D eigenvalue weighted by molar-refractivity contribution is -0.140. The number of rotatable bonds is 11. The van der Waals surface area contributed by atoms with Gasteiger partial charge >= 0.3 is 0 Å². The molecule has 1 N–H and O–H groups in total. The zero-order chi connectivity index (χ0) is 26.3. The van der Waals surface area contributed by atoms with Crippen LogP contribution in [0.15, 0.2) is 48.5 Å². The Morgan fingerprint density at radius 1 is 1.11 bits per heavy atom. The van der Waals surface area contributed by atoms with Gasteiger partial charge in [-0.15, -0.1) is 0 Å². The van der Waals surface area contributed by atoms with Gasteiger partial charge in [0.25, 0.3) is 0 Å². The normalized spacial score (nSPS) is 14.9. The molecule has 0 spiro atoms. The van der Waals surface area contributed by atoms with E-state index in [0.29, 0.717) is 10.7 Å². The summed E-state index contributed by atoms with van der Waals surface area (Å²) in [6.45, 7) is 1.89. The standard InChI is InChI=1S/C26H33ClFN3O4S/c1-19(26(33)29-22-9-4-5-10-22)30(18-20-8-3-6-11-24(20)27)25(32)12-7-17-31(36(2,34)35)23-15-13-21(28)14-16-23/h3,6,8,11,13-16,19,22H,4-5,7,9-10,12,17-18H2,1-2H3,(H,29,33)/t19-/m0/s1. The second-order valence-electron chi connectivity index (χ2n) is 9.19. The van der Waals surface area contributed by atoms with E-state index in [1.54, 1.807) is 19.1 Å². The Morgan fingerprint density at radius 2 is 1.75 bits per heavy atom. The van der Waals surface area contributed by atoms with E-state index in [1.165, 1.54) is 29.2 Å². The van der Waals surface area contributed by atoms with Crippen LogP contribution in [0.4, 0.5) is 10.1 Å². The molecule has 0 radical (unpaired) electrons. The van der Waals surface area contributed by atoms with Crippen molar-refractivity contribution in [2.45, 2.75) is 64.1 Å². The molecular weight excluding hydrogens is 505 g/mol. The predicted molar refractivity (Wildman–Crippen MR) is 140 cm³/mol. The maximum atomic E-state index is 13.3. The van der Waals surface area contributed by atoms with E-state index < -0.39 is 21.9 Å². The fraction of sp³-hybridized carbons (Fsp3) is 0.462. The molecule has 0 aromatic heterocycles. The van der Waals surface area contributed by atoms with Crippen molar-refractivity contribution in [1.29, 1.82) is 0 Å². The summed E-state index contributed by atoms with van der Waals surface area (Å²) in [5.41, 5.74) is 1.04. The van der Waals surface area contributed by atoms with Crippen LogP contribution < -0.4 is 9.62 Å². The third-order valence-corrected chi connectivity index (χ3v) is 8.00. The van der Waals surface area contributed by atoms with Gasteiger partial charge in [-0.05, 0) is 62.1 Å². The van der Waals surface area contributed by atoms with Gasteiger partial charge < -0.3 is 10.2 Å². The summed E-state index contributed by atoms with van der Waals surface area (Å²) in [7, 11) is -3.64. The van der Waals surface area contributed by atoms with Crippen molar-refractivity contribution in [1.82, 2.24) is 10.2 Å². The smallest absolute Gasteiger partial charge is 0.242 e. The van der Waals surface area contributed by atoms with E-state index >= 15 is 0 Å². The molecule has 0 saturated heterocycles. The first-order chi connectivity index (χ1) is 17.1. The molecule has 36 heavy (non-hydrogen) atoms. The molecule has 0 unspecified atom stereocenters. The van der Waals surface area contributed by atoms with E-state index in [4.69, 9.17) is 11.6 Å². The highest BCUT2D eigenvalue weighted by Crippen LogP contribution is 2.22. The molecule has 0 heterocycles. The summed E-state index contributed by atoms with van der Waals surface area (Å²) in [6.07, 6.45) is 5.33. The molecule has 1 atom stereocenters. The van der Waals surface area contributed by atoms with Gasteiger partial charge in [-0.1, -0.05) is 42.6 Å². The molecule has 2 aromatic rings. The van der Waals surface area contributed by atoms with E-state index in [1.807, 2.05) is 12.1 Å². The number of hydrogen-bond donors (Lipinski definition) is 1. The van der Waals surface area contributed by atoms with Gasteiger partial charge in [-0.2, -0.15) is 0 Å². The van der Waals surface area contributed by atoms with Crippen LogP contribution in [0.5, 0.6) is 0 Å². The molecule has 1 aliphatic rings. The minimum absolute atomic E-state index is 0.0265. The van der Waals surface area contributed by atoms with Crippen LogP contribution in [-0.2, 0) is 26.2 Å². The zero-order valence-corrected chi connectivity index (χ0v) is 22.2. The van der Waals surface area contributed by atoms with Gasteiger partial charge in [0.05, 0.1) is 11.9 Å². The third kappa shape index (κ3) is 7.67. The van der Waals surface area contributed by atoms with E-state index in [2.05, 4.69) is 5.32 Å². The van der Waals surface area contributed by atoms with Gasteiger partial charge in [-0.3, -0.25) is 13.9 Å². The van der Waals surface area contributed by atoms with Crippen molar-refractivity contribution in [2.24, 2.45) is 0 Å². The maximum absolute atomic E-state index is 13.3. The molecule has 2 aromatic carbocycles. The number of carbonyl (C=O) groups excluding carboxylic acids is 2. The molecule has 1 fully saturated rings. The fourth-order valence-electron chi connectivity index (χ4n) is 4.40. The van der Waals surface area contributed by atoms with Crippen LogP contribution in [0.1, 0.15) is 51.0 Å². The fourth-order valence-corrected chi connectivity index (χ4v) is 5.56. The Kier molecular flexibility index (Phi) is 9.73. The average molecular weight is 538 g/mol. The molecule has 1 aliphatic carbocycles. The van der Waals surface area contributed by atoms with E-state index in [-0.39, 0.29) is 43.8 Å². The molecule has 196 valence electrons. The Balaban J connectivity index is 1.72. The van der Waals surface area contributed by atoms with Crippen LogP contribution in [0, 0.1) is 5.82 Å².